The first kappa shape index (κ1) is 9.89. The number of aryl methyl sites for hydroxylation is 1. The van der Waals surface area contributed by atoms with Gasteiger partial charge in [0, 0.05) is 15.8 Å². The first-order valence-corrected chi connectivity index (χ1v) is 5.66. The Bertz CT molecular complexity index is 473. The molecule has 0 saturated heterocycles. The molecule has 0 N–H and O–H groups in total. The fourth-order valence-electron chi connectivity index (χ4n) is 1.58. The highest BCUT2D eigenvalue weighted by molar-refractivity contribution is 14.1. The Morgan fingerprint density at radius 2 is 2.07 bits per heavy atom. The van der Waals surface area contributed by atoms with E-state index < -0.39 is 0 Å². The molecule has 0 atom stereocenters. The Morgan fingerprint density at radius 1 is 1.36 bits per heavy atom. The molecule has 3 nitrogen and oxygen atoms in total. The highest BCUT2D eigenvalue weighted by Gasteiger charge is 2.11. The number of halogens is 1. The molecule has 0 aromatic carbocycles. The summed E-state index contributed by atoms with van der Waals surface area (Å²) < 4.78 is 3.41. The number of fused-ring (bicyclic) bond motifs is 1. The normalized spacial score (nSPS) is 11.5. The van der Waals surface area contributed by atoms with Gasteiger partial charge in [-0.25, -0.2) is 9.97 Å². The summed E-state index contributed by atoms with van der Waals surface area (Å²) in [6, 6.07) is 0.440. The quantitative estimate of drug-likeness (QED) is 0.758. The lowest BCUT2D eigenvalue weighted by Gasteiger charge is -2.07. The van der Waals surface area contributed by atoms with E-state index in [1.54, 1.807) is 6.33 Å². The van der Waals surface area contributed by atoms with Crippen molar-refractivity contribution in [2.24, 2.45) is 0 Å². The third-order valence-electron chi connectivity index (χ3n) is 2.31. The van der Waals surface area contributed by atoms with Crippen molar-refractivity contribution in [1.29, 1.82) is 0 Å². The van der Waals surface area contributed by atoms with Crippen LogP contribution < -0.4 is 0 Å². The minimum atomic E-state index is 0.440. The van der Waals surface area contributed by atoms with E-state index in [1.165, 1.54) is 8.96 Å². The molecule has 4 heteroatoms. The van der Waals surface area contributed by atoms with E-state index in [9.17, 15) is 0 Å². The largest absolute Gasteiger partial charge is 0.329 e. The van der Waals surface area contributed by atoms with E-state index in [4.69, 9.17) is 0 Å². The van der Waals surface area contributed by atoms with E-state index in [-0.39, 0.29) is 0 Å². The molecule has 2 rings (SSSR count). The van der Waals surface area contributed by atoms with Crippen LogP contribution >= 0.6 is 22.6 Å². The fourth-order valence-corrected chi connectivity index (χ4v) is 2.51. The minimum absolute atomic E-state index is 0.440. The smallest absolute Gasteiger partial charge is 0.144 e. The Morgan fingerprint density at radius 3 is 2.71 bits per heavy atom. The standard InChI is InChI=1S/C10H12IN3/c1-6(2)14-4-8(11)9-7(3)12-5-13-10(9)14/h4-6H,1-3H3. The topological polar surface area (TPSA) is 30.7 Å². The predicted octanol–water partition coefficient (Wildman–Crippen LogP) is 2.93. The van der Waals surface area contributed by atoms with Gasteiger partial charge < -0.3 is 4.57 Å². The van der Waals surface area contributed by atoms with Crippen molar-refractivity contribution in [3.8, 4) is 0 Å². The molecule has 0 saturated carbocycles. The van der Waals surface area contributed by atoms with Gasteiger partial charge in [-0.3, -0.25) is 0 Å². The molecule has 0 amide bonds. The van der Waals surface area contributed by atoms with Gasteiger partial charge in [0.25, 0.3) is 0 Å². The van der Waals surface area contributed by atoms with Gasteiger partial charge in [-0.2, -0.15) is 0 Å². The molecule has 0 bridgehead atoms. The molecule has 0 aliphatic rings. The molecule has 74 valence electrons. The van der Waals surface area contributed by atoms with Gasteiger partial charge in [-0.1, -0.05) is 0 Å². The molecular formula is C10H12IN3. The maximum Gasteiger partial charge on any atom is 0.144 e. The van der Waals surface area contributed by atoms with Crippen molar-refractivity contribution in [3.63, 3.8) is 0 Å². The molecule has 0 unspecified atom stereocenters. The minimum Gasteiger partial charge on any atom is -0.329 e. The van der Waals surface area contributed by atoms with Crippen LogP contribution in [0.2, 0.25) is 0 Å². The van der Waals surface area contributed by atoms with Crippen molar-refractivity contribution in [2.75, 3.05) is 0 Å². The van der Waals surface area contributed by atoms with Crippen LogP contribution in [-0.2, 0) is 0 Å². The van der Waals surface area contributed by atoms with Crippen molar-refractivity contribution in [1.82, 2.24) is 14.5 Å². The van der Waals surface area contributed by atoms with Gasteiger partial charge in [0.15, 0.2) is 0 Å². The molecule has 0 aliphatic heterocycles. The highest BCUT2D eigenvalue weighted by atomic mass is 127. The van der Waals surface area contributed by atoms with E-state index in [1.807, 2.05) is 6.92 Å². The first-order chi connectivity index (χ1) is 6.61. The van der Waals surface area contributed by atoms with E-state index in [0.717, 1.165) is 11.3 Å². The Labute approximate surface area is 96.7 Å². The lowest BCUT2D eigenvalue weighted by atomic mass is 10.3. The number of hydrogen-bond donors (Lipinski definition) is 0. The van der Waals surface area contributed by atoms with Gasteiger partial charge in [-0.05, 0) is 43.4 Å². The second-order valence-electron chi connectivity index (χ2n) is 3.64. The molecule has 0 aliphatic carbocycles. The summed E-state index contributed by atoms with van der Waals surface area (Å²) in [4.78, 5) is 8.54. The summed E-state index contributed by atoms with van der Waals surface area (Å²) in [6.45, 7) is 6.34. The van der Waals surface area contributed by atoms with Crippen molar-refractivity contribution >= 4 is 33.6 Å². The maximum atomic E-state index is 4.33. The van der Waals surface area contributed by atoms with Crippen LogP contribution in [0.5, 0.6) is 0 Å². The third-order valence-corrected chi connectivity index (χ3v) is 3.13. The zero-order valence-corrected chi connectivity index (χ0v) is 10.6. The molecule has 14 heavy (non-hydrogen) atoms. The van der Waals surface area contributed by atoms with Gasteiger partial charge >= 0.3 is 0 Å². The predicted molar refractivity (Wildman–Crippen MR) is 65.4 cm³/mol. The highest BCUT2D eigenvalue weighted by Crippen LogP contribution is 2.25. The molecule has 0 fully saturated rings. The monoisotopic (exact) mass is 301 g/mol. The number of rotatable bonds is 1. The van der Waals surface area contributed by atoms with Gasteiger partial charge in [0.05, 0.1) is 11.1 Å². The van der Waals surface area contributed by atoms with Crippen LogP contribution in [0.15, 0.2) is 12.5 Å². The van der Waals surface area contributed by atoms with Crippen molar-refractivity contribution in [3.05, 3.63) is 21.8 Å². The van der Waals surface area contributed by atoms with Crippen molar-refractivity contribution in [2.45, 2.75) is 26.8 Å². The SMILES string of the molecule is Cc1ncnc2c1c(I)cn2C(C)C. The Hall–Kier alpha value is -0.650. The third kappa shape index (κ3) is 1.41. The van der Waals surface area contributed by atoms with Crippen LogP contribution in [0.25, 0.3) is 11.0 Å². The van der Waals surface area contributed by atoms with Gasteiger partial charge in [0.2, 0.25) is 0 Å². The molecule has 2 aromatic heterocycles. The molecule has 0 radical (unpaired) electrons. The number of hydrogen-bond acceptors (Lipinski definition) is 2. The summed E-state index contributed by atoms with van der Waals surface area (Å²) in [7, 11) is 0. The average molecular weight is 301 g/mol. The van der Waals surface area contributed by atoms with E-state index >= 15 is 0 Å². The number of nitrogens with zero attached hydrogens (tertiary/aromatic N) is 3. The van der Waals surface area contributed by atoms with Gasteiger partial charge in [0.1, 0.15) is 12.0 Å². The maximum absolute atomic E-state index is 4.33. The first-order valence-electron chi connectivity index (χ1n) is 4.59. The summed E-state index contributed by atoms with van der Waals surface area (Å²) in [5, 5.41) is 1.18. The molecule has 2 aromatic rings. The molecule has 2 heterocycles. The molecular weight excluding hydrogens is 289 g/mol. The zero-order valence-electron chi connectivity index (χ0n) is 8.45. The lowest BCUT2D eigenvalue weighted by molar-refractivity contribution is 0.616. The second kappa shape index (κ2) is 3.49. The van der Waals surface area contributed by atoms with Gasteiger partial charge in [-0.15, -0.1) is 0 Å². The lowest BCUT2D eigenvalue weighted by Crippen LogP contribution is -2.00. The van der Waals surface area contributed by atoms with Crippen molar-refractivity contribution < 1.29 is 0 Å². The summed E-state index contributed by atoms with van der Waals surface area (Å²) >= 11 is 2.34. The van der Waals surface area contributed by atoms with E-state index in [0.29, 0.717) is 6.04 Å². The van der Waals surface area contributed by atoms with Crippen LogP contribution in [0, 0.1) is 10.5 Å². The Balaban J connectivity index is 2.84. The van der Waals surface area contributed by atoms with Crippen LogP contribution in [0.4, 0.5) is 0 Å². The average Bonchev–Trinajstić information content (AvgIpc) is 2.45. The molecule has 0 spiro atoms. The summed E-state index contributed by atoms with van der Waals surface area (Å²) in [5.74, 6) is 0. The van der Waals surface area contributed by atoms with Crippen LogP contribution in [0.3, 0.4) is 0 Å². The summed E-state index contributed by atoms with van der Waals surface area (Å²) in [6.07, 6.45) is 3.77. The second-order valence-corrected chi connectivity index (χ2v) is 4.80. The number of aromatic nitrogens is 3. The van der Waals surface area contributed by atoms with Crippen LogP contribution in [-0.4, -0.2) is 14.5 Å². The zero-order chi connectivity index (χ0) is 10.3. The fraction of sp³-hybridized carbons (Fsp3) is 0.400. The summed E-state index contributed by atoms with van der Waals surface area (Å²) in [5.41, 5.74) is 2.09. The van der Waals surface area contributed by atoms with Crippen LogP contribution in [0.1, 0.15) is 25.6 Å². The van der Waals surface area contributed by atoms with E-state index in [2.05, 4.69) is 57.2 Å². The Kier molecular flexibility index (Phi) is 2.47.